The van der Waals surface area contributed by atoms with Crippen LogP contribution in [-0.4, -0.2) is 46.5 Å². The molecule has 2 fully saturated rings. The number of aromatic nitrogens is 2. The number of likely N-dealkylation sites (tertiary alicyclic amines) is 1. The Morgan fingerprint density at radius 1 is 1.19 bits per heavy atom. The molecule has 2 saturated heterocycles. The Hall–Kier alpha value is -2.89. The summed E-state index contributed by atoms with van der Waals surface area (Å²) in [6.45, 7) is 4.39. The lowest BCUT2D eigenvalue weighted by molar-refractivity contribution is 0.0560. The van der Waals surface area contributed by atoms with Gasteiger partial charge in [-0.05, 0) is 31.5 Å². The Bertz CT molecular complexity index is 983. The van der Waals surface area contributed by atoms with Crippen LogP contribution in [0.2, 0.25) is 0 Å². The Morgan fingerprint density at radius 3 is 2.85 bits per heavy atom. The van der Waals surface area contributed by atoms with Gasteiger partial charge in [-0.3, -0.25) is 9.78 Å². The Kier molecular flexibility index (Phi) is 3.45. The molecular weight excluding hydrogens is 328 g/mol. The van der Waals surface area contributed by atoms with Crippen molar-refractivity contribution in [1.29, 1.82) is 0 Å². The second-order valence-corrected chi connectivity index (χ2v) is 7.17. The van der Waals surface area contributed by atoms with Crippen LogP contribution in [0.4, 0.5) is 5.82 Å². The number of furan rings is 1. The van der Waals surface area contributed by atoms with Crippen LogP contribution in [-0.2, 0) is 0 Å². The predicted octanol–water partition coefficient (Wildman–Crippen LogP) is 2.88. The van der Waals surface area contributed by atoms with E-state index in [1.165, 1.54) is 0 Å². The number of nitrogens with zero attached hydrogens (tertiary/aromatic N) is 4. The van der Waals surface area contributed by atoms with Crippen LogP contribution in [0.25, 0.3) is 11.0 Å². The first-order valence-corrected chi connectivity index (χ1v) is 9.02. The molecule has 0 spiro atoms. The van der Waals surface area contributed by atoms with Gasteiger partial charge in [0, 0.05) is 31.1 Å². The molecule has 0 unspecified atom stereocenters. The number of hydrogen-bond acceptors (Lipinski definition) is 5. The lowest BCUT2D eigenvalue weighted by Crippen LogP contribution is -2.65. The van der Waals surface area contributed by atoms with E-state index < -0.39 is 0 Å². The highest BCUT2D eigenvalue weighted by Crippen LogP contribution is 2.36. The summed E-state index contributed by atoms with van der Waals surface area (Å²) in [7, 11) is 0. The summed E-state index contributed by atoms with van der Waals surface area (Å²) in [5, 5.41) is 0. The van der Waals surface area contributed by atoms with Gasteiger partial charge in [0.05, 0.1) is 29.5 Å². The molecule has 2 atom stereocenters. The summed E-state index contributed by atoms with van der Waals surface area (Å²) in [6.07, 6.45) is 4.44. The maximum absolute atomic E-state index is 12.8. The van der Waals surface area contributed by atoms with E-state index in [2.05, 4.69) is 9.88 Å². The zero-order valence-electron chi connectivity index (χ0n) is 14.6. The third kappa shape index (κ3) is 2.36. The van der Waals surface area contributed by atoms with Gasteiger partial charge in [0.1, 0.15) is 5.82 Å². The minimum absolute atomic E-state index is 0.0117. The van der Waals surface area contributed by atoms with E-state index in [1.54, 1.807) is 6.26 Å². The maximum atomic E-state index is 12.8. The van der Waals surface area contributed by atoms with Gasteiger partial charge in [0.15, 0.2) is 5.76 Å². The Balaban J connectivity index is 1.37. The minimum atomic E-state index is -0.0117. The van der Waals surface area contributed by atoms with Crippen LogP contribution in [0, 0.1) is 12.8 Å². The summed E-state index contributed by atoms with van der Waals surface area (Å²) in [5.41, 5.74) is 2.70. The fourth-order valence-corrected chi connectivity index (χ4v) is 4.07. The number of amides is 1. The monoisotopic (exact) mass is 348 g/mol. The van der Waals surface area contributed by atoms with Crippen molar-refractivity contribution in [2.75, 3.05) is 24.5 Å². The molecule has 26 heavy (non-hydrogen) atoms. The third-order valence-corrected chi connectivity index (χ3v) is 5.63. The van der Waals surface area contributed by atoms with Crippen molar-refractivity contribution in [1.82, 2.24) is 14.9 Å². The number of para-hydroxylation sites is 2. The molecular formula is C20H20N4O2. The van der Waals surface area contributed by atoms with E-state index in [9.17, 15) is 4.79 Å². The number of piperidine rings is 1. The quantitative estimate of drug-likeness (QED) is 0.713. The van der Waals surface area contributed by atoms with Crippen molar-refractivity contribution in [2.24, 2.45) is 5.92 Å². The summed E-state index contributed by atoms with van der Waals surface area (Å²) in [5.74, 6) is 1.96. The van der Waals surface area contributed by atoms with E-state index in [0.717, 1.165) is 41.9 Å². The lowest BCUT2D eigenvalue weighted by atomic mass is 9.82. The van der Waals surface area contributed by atoms with E-state index in [1.807, 2.05) is 48.4 Å². The number of rotatable bonds is 2. The first-order chi connectivity index (χ1) is 12.7. The summed E-state index contributed by atoms with van der Waals surface area (Å²) >= 11 is 0. The molecule has 0 saturated carbocycles. The van der Waals surface area contributed by atoms with Crippen LogP contribution >= 0.6 is 0 Å². The van der Waals surface area contributed by atoms with Crippen LogP contribution in [0.5, 0.6) is 0 Å². The van der Waals surface area contributed by atoms with Gasteiger partial charge in [-0.2, -0.15) is 0 Å². The van der Waals surface area contributed by atoms with Crippen LogP contribution < -0.4 is 4.90 Å². The Morgan fingerprint density at radius 2 is 2.04 bits per heavy atom. The number of aryl methyl sites for hydroxylation is 1. The molecule has 1 aromatic carbocycles. The molecule has 0 N–H and O–H groups in total. The molecule has 1 amide bonds. The summed E-state index contributed by atoms with van der Waals surface area (Å²) < 4.78 is 5.39. The number of carbonyl (C=O) groups excluding carboxylic acids is 1. The van der Waals surface area contributed by atoms with Gasteiger partial charge < -0.3 is 14.2 Å². The molecule has 132 valence electrons. The van der Waals surface area contributed by atoms with Crippen molar-refractivity contribution in [3.63, 3.8) is 0 Å². The van der Waals surface area contributed by atoms with E-state index in [0.29, 0.717) is 24.3 Å². The largest absolute Gasteiger partial charge is 0.459 e. The molecule has 4 heterocycles. The van der Waals surface area contributed by atoms with Crippen LogP contribution in [0.1, 0.15) is 22.5 Å². The second kappa shape index (κ2) is 5.83. The topological polar surface area (TPSA) is 62.5 Å². The minimum Gasteiger partial charge on any atom is -0.459 e. The molecule has 0 bridgehead atoms. The zero-order chi connectivity index (χ0) is 17.7. The number of anilines is 1. The van der Waals surface area contributed by atoms with Crippen molar-refractivity contribution in [2.45, 2.75) is 19.4 Å². The normalized spacial score (nSPS) is 22.2. The molecule has 3 aromatic rings. The van der Waals surface area contributed by atoms with Gasteiger partial charge in [-0.1, -0.05) is 12.1 Å². The maximum Gasteiger partial charge on any atom is 0.289 e. The van der Waals surface area contributed by atoms with Gasteiger partial charge in [-0.15, -0.1) is 0 Å². The number of carbonyl (C=O) groups is 1. The molecule has 5 rings (SSSR count). The second-order valence-electron chi connectivity index (χ2n) is 7.17. The highest BCUT2D eigenvalue weighted by molar-refractivity contribution is 5.93. The number of benzene rings is 1. The highest BCUT2D eigenvalue weighted by Gasteiger charge is 2.44. The molecule has 2 aliphatic heterocycles. The number of fused-ring (bicyclic) bond motifs is 2. The molecule has 0 aliphatic carbocycles. The van der Waals surface area contributed by atoms with E-state index >= 15 is 0 Å². The molecule has 6 heteroatoms. The van der Waals surface area contributed by atoms with Gasteiger partial charge in [0.25, 0.3) is 5.91 Å². The van der Waals surface area contributed by atoms with Crippen molar-refractivity contribution >= 4 is 22.8 Å². The van der Waals surface area contributed by atoms with E-state index in [-0.39, 0.29) is 5.91 Å². The highest BCUT2D eigenvalue weighted by atomic mass is 16.3. The molecule has 6 nitrogen and oxygen atoms in total. The summed E-state index contributed by atoms with van der Waals surface area (Å²) in [6, 6.07) is 10.0. The standard InChI is InChI=1S/C20H20N4O2/c1-13-7-9-26-19(13)20(25)23-8-6-14-11-24(17(14)12-23)18-10-21-15-4-2-3-5-16(15)22-18/h2-5,7,9-10,14,17H,6,8,11-12H2,1H3/t14-,17-/m0/s1. The van der Waals surface area contributed by atoms with Gasteiger partial charge in [-0.25, -0.2) is 4.98 Å². The zero-order valence-corrected chi connectivity index (χ0v) is 14.6. The van der Waals surface area contributed by atoms with Crippen LogP contribution in [0.15, 0.2) is 47.2 Å². The first kappa shape index (κ1) is 15.4. The first-order valence-electron chi connectivity index (χ1n) is 9.02. The Labute approximate surface area is 151 Å². The smallest absolute Gasteiger partial charge is 0.289 e. The molecule has 0 radical (unpaired) electrons. The lowest BCUT2D eigenvalue weighted by Gasteiger charge is -2.53. The van der Waals surface area contributed by atoms with Gasteiger partial charge in [0.2, 0.25) is 0 Å². The third-order valence-electron chi connectivity index (χ3n) is 5.63. The fraction of sp³-hybridized carbons (Fsp3) is 0.350. The van der Waals surface area contributed by atoms with Crippen molar-refractivity contribution in [3.05, 3.63) is 54.1 Å². The van der Waals surface area contributed by atoms with Crippen LogP contribution in [0.3, 0.4) is 0 Å². The predicted molar refractivity (Wildman–Crippen MR) is 98.1 cm³/mol. The molecule has 2 aromatic heterocycles. The summed E-state index contributed by atoms with van der Waals surface area (Å²) in [4.78, 5) is 26.2. The SMILES string of the molecule is Cc1ccoc1C(=O)N1CC[C@H]2CN(c3cnc4ccccc4n3)[C@H]2C1. The molecule has 2 aliphatic rings. The fourth-order valence-electron chi connectivity index (χ4n) is 4.07. The van der Waals surface area contributed by atoms with Crippen molar-refractivity contribution in [3.8, 4) is 0 Å². The van der Waals surface area contributed by atoms with Gasteiger partial charge >= 0.3 is 0 Å². The van der Waals surface area contributed by atoms with E-state index in [4.69, 9.17) is 9.40 Å². The average molecular weight is 348 g/mol. The van der Waals surface area contributed by atoms with Crippen molar-refractivity contribution < 1.29 is 9.21 Å². The number of hydrogen-bond donors (Lipinski definition) is 0. The average Bonchev–Trinajstić information content (AvgIpc) is 3.08.